The van der Waals surface area contributed by atoms with Gasteiger partial charge in [-0.3, -0.25) is 4.99 Å². The van der Waals surface area contributed by atoms with Crippen molar-refractivity contribution in [1.82, 2.24) is 5.32 Å². The largest absolute Gasteiger partial charge is 0.358 e. The first-order valence-electron chi connectivity index (χ1n) is 7.37. The van der Waals surface area contributed by atoms with Crippen LogP contribution >= 0.6 is 23.4 Å². The minimum absolute atomic E-state index is 0.201. The molecule has 3 rings (SSSR count). The van der Waals surface area contributed by atoms with Crippen LogP contribution in [0.4, 0.5) is 0 Å². The second-order valence-corrected chi connectivity index (χ2v) is 7.38. The topological polar surface area (TPSA) is 24.4 Å². The number of hydrogen-bond acceptors (Lipinski definition) is 3. The Bertz CT molecular complexity index is 509. The maximum absolute atomic E-state index is 6.25. The molecule has 1 aliphatic heterocycles. The molecule has 0 radical (unpaired) electrons. The highest BCUT2D eigenvalue weighted by Gasteiger charge is 2.36. The molecule has 4 heteroatoms. The van der Waals surface area contributed by atoms with E-state index >= 15 is 0 Å². The van der Waals surface area contributed by atoms with Crippen molar-refractivity contribution in [3.05, 3.63) is 34.9 Å². The molecule has 108 valence electrons. The van der Waals surface area contributed by atoms with E-state index in [4.69, 9.17) is 16.6 Å². The van der Waals surface area contributed by atoms with Crippen LogP contribution in [0, 0.1) is 5.41 Å². The molecule has 2 aliphatic rings. The van der Waals surface area contributed by atoms with Crippen molar-refractivity contribution in [2.24, 2.45) is 10.4 Å². The average Bonchev–Trinajstić information content (AvgIpc) is 2.90. The number of halogens is 1. The van der Waals surface area contributed by atoms with Gasteiger partial charge in [-0.1, -0.05) is 54.4 Å². The molecule has 1 saturated carbocycles. The molecule has 2 nitrogen and oxygen atoms in total. The highest BCUT2D eigenvalue weighted by Crippen LogP contribution is 2.43. The Hall–Kier alpha value is -0.670. The standard InChI is InChI=1S/C16H21ClN2S/c1-12(13-6-2-3-7-14(13)17)19-15-18-10-16(11-20-15)8-4-5-9-16/h2-3,6-7,12H,4-5,8-11H2,1H3,(H,18,19). The molecule has 0 aromatic heterocycles. The lowest BCUT2D eigenvalue weighted by atomic mass is 9.89. The van der Waals surface area contributed by atoms with Gasteiger partial charge in [0.25, 0.3) is 0 Å². The van der Waals surface area contributed by atoms with E-state index in [-0.39, 0.29) is 6.04 Å². The van der Waals surface area contributed by atoms with Crippen LogP contribution in [0.1, 0.15) is 44.2 Å². The molecule has 20 heavy (non-hydrogen) atoms. The molecule has 1 aromatic rings. The SMILES string of the molecule is CC(NC1=NCC2(CCCC2)CS1)c1ccccc1Cl. The van der Waals surface area contributed by atoms with Crippen molar-refractivity contribution in [1.29, 1.82) is 0 Å². The van der Waals surface area contributed by atoms with Crippen LogP contribution in [-0.4, -0.2) is 17.5 Å². The Kier molecular flexibility index (Phi) is 4.27. The first-order valence-corrected chi connectivity index (χ1v) is 8.73. The van der Waals surface area contributed by atoms with E-state index in [1.807, 2.05) is 30.0 Å². The monoisotopic (exact) mass is 308 g/mol. The van der Waals surface area contributed by atoms with Gasteiger partial charge in [-0.15, -0.1) is 0 Å². The Morgan fingerprint density at radius 3 is 2.70 bits per heavy atom. The highest BCUT2D eigenvalue weighted by atomic mass is 35.5. The molecule has 0 amide bonds. The average molecular weight is 309 g/mol. The van der Waals surface area contributed by atoms with Gasteiger partial charge in [0, 0.05) is 17.3 Å². The molecule has 1 atom stereocenters. The van der Waals surface area contributed by atoms with E-state index < -0.39 is 0 Å². The van der Waals surface area contributed by atoms with Crippen molar-refractivity contribution in [3.63, 3.8) is 0 Å². The molecule has 1 unspecified atom stereocenters. The lowest BCUT2D eigenvalue weighted by molar-refractivity contribution is 0.358. The van der Waals surface area contributed by atoms with Crippen LogP contribution in [0.5, 0.6) is 0 Å². The normalized spacial score (nSPS) is 22.6. The fourth-order valence-electron chi connectivity index (χ4n) is 3.16. The molecule has 1 aromatic carbocycles. The fraction of sp³-hybridized carbons (Fsp3) is 0.562. The Morgan fingerprint density at radius 1 is 1.30 bits per heavy atom. The molecule has 1 fully saturated rings. The zero-order valence-electron chi connectivity index (χ0n) is 11.9. The van der Waals surface area contributed by atoms with Gasteiger partial charge in [0.2, 0.25) is 0 Å². The van der Waals surface area contributed by atoms with Gasteiger partial charge in [-0.25, -0.2) is 0 Å². The van der Waals surface area contributed by atoms with E-state index in [1.165, 1.54) is 31.4 Å². The molecule has 1 heterocycles. The third kappa shape index (κ3) is 2.99. The predicted octanol–water partition coefficient (Wildman–Crippen LogP) is 4.65. The van der Waals surface area contributed by atoms with Crippen LogP contribution in [-0.2, 0) is 0 Å². The minimum atomic E-state index is 0.201. The van der Waals surface area contributed by atoms with E-state index in [1.54, 1.807) is 0 Å². The summed E-state index contributed by atoms with van der Waals surface area (Å²) < 4.78 is 0. The lowest BCUT2D eigenvalue weighted by Gasteiger charge is -2.32. The molecule has 1 aliphatic carbocycles. The molecule has 0 saturated heterocycles. The number of nitrogens with zero attached hydrogens (tertiary/aromatic N) is 1. The molecule has 1 spiro atoms. The number of thioether (sulfide) groups is 1. The van der Waals surface area contributed by atoms with Gasteiger partial charge < -0.3 is 5.32 Å². The summed E-state index contributed by atoms with van der Waals surface area (Å²) in [5.41, 5.74) is 1.64. The second kappa shape index (κ2) is 5.98. The van der Waals surface area contributed by atoms with E-state index in [9.17, 15) is 0 Å². The maximum atomic E-state index is 6.25. The fourth-order valence-corrected chi connectivity index (χ4v) is 4.69. The summed E-state index contributed by atoms with van der Waals surface area (Å²) in [5, 5.41) is 5.41. The summed E-state index contributed by atoms with van der Waals surface area (Å²) in [6, 6.07) is 8.22. The molecular formula is C16H21ClN2S. The number of amidine groups is 1. The summed E-state index contributed by atoms with van der Waals surface area (Å²) in [6.07, 6.45) is 5.48. The maximum Gasteiger partial charge on any atom is 0.157 e. The smallest absolute Gasteiger partial charge is 0.157 e. The third-order valence-electron chi connectivity index (χ3n) is 4.45. The van der Waals surface area contributed by atoms with Gasteiger partial charge in [0.1, 0.15) is 0 Å². The summed E-state index contributed by atoms with van der Waals surface area (Å²) in [6.45, 7) is 3.14. The van der Waals surface area contributed by atoms with E-state index in [2.05, 4.69) is 18.3 Å². The van der Waals surface area contributed by atoms with Crippen LogP contribution in [0.25, 0.3) is 0 Å². The van der Waals surface area contributed by atoms with Crippen LogP contribution in [0.15, 0.2) is 29.3 Å². The second-order valence-electron chi connectivity index (χ2n) is 6.00. The van der Waals surface area contributed by atoms with Crippen molar-refractivity contribution < 1.29 is 0 Å². The summed E-state index contributed by atoms with van der Waals surface area (Å²) >= 11 is 8.13. The number of nitrogens with one attached hydrogen (secondary N) is 1. The Balaban J connectivity index is 1.64. The van der Waals surface area contributed by atoms with Crippen molar-refractivity contribution >= 4 is 28.5 Å². The predicted molar refractivity (Wildman–Crippen MR) is 88.7 cm³/mol. The first-order chi connectivity index (χ1) is 9.69. The third-order valence-corrected chi connectivity index (χ3v) is 6.07. The van der Waals surface area contributed by atoms with E-state index in [0.717, 1.165) is 22.3 Å². The van der Waals surface area contributed by atoms with Crippen molar-refractivity contribution in [2.75, 3.05) is 12.3 Å². The van der Waals surface area contributed by atoms with Gasteiger partial charge in [-0.2, -0.15) is 0 Å². The first kappa shape index (κ1) is 14.3. The number of aliphatic imine (C=N–C) groups is 1. The quantitative estimate of drug-likeness (QED) is 0.859. The van der Waals surface area contributed by atoms with Crippen LogP contribution < -0.4 is 5.32 Å². The summed E-state index contributed by atoms with van der Waals surface area (Å²) in [5.74, 6) is 1.22. The molecule has 1 N–H and O–H groups in total. The van der Waals surface area contributed by atoms with Crippen molar-refractivity contribution in [2.45, 2.75) is 38.6 Å². The van der Waals surface area contributed by atoms with Gasteiger partial charge in [0.15, 0.2) is 5.17 Å². The lowest BCUT2D eigenvalue weighted by Crippen LogP contribution is -2.34. The van der Waals surface area contributed by atoms with Gasteiger partial charge in [0.05, 0.1) is 6.04 Å². The van der Waals surface area contributed by atoms with E-state index in [0.29, 0.717) is 5.41 Å². The minimum Gasteiger partial charge on any atom is -0.358 e. The van der Waals surface area contributed by atoms with Crippen LogP contribution in [0.2, 0.25) is 5.02 Å². The number of hydrogen-bond donors (Lipinski definition) is 1. The van der Waals surface area contributed by atoms with Crippen molar-refractivity contribution in [3.8, 4) is 0 Å². The highest BCUT2D eigenvalue weighted by molar-refractivity contribution is 8.13. The summed E-state index contributed by atoms with van der Waals surface area (Å²) in [7, 11) is 0. The Morgan fingerprint density at radius 2 is 2.05 bits per heavy atom. The Labute approximate surface area is 130 Å². The van der Waals surface area contributed by atoms with Crippen LogP contribution in [0.3, 0.4) is 0 Å². The molecular weight excluding hydrogens is 288 g/mol. The zero-order valence-corrected chi connectivity index (χ0v) is 13.4. The number of benzene rings is 1. The molecule has 0 bridgehead atoms. The van der Waals surface area contributed by atoms with Gasteiger partial charge in [-0.05, 0) is 36.8 Å². The summed E-state index contributed by atoms with van der Waals surface area (Å²) in [4.78, 5) is 4.79. The zero-order chi connectivity index (χ0) is 14.0. The number of rotatable bonds is 2. The van der Waals surface area contributed by atoms with Gasteiger partial charge >= 0.3 is 0 Å².